The highest BCUT2D eigenvalue weighted by Crippen LogP contribution is 2.39. The van der Waals surface area contributed by atoms with Crippen molar-refractivity contribution in [3.8, 4) is 0 Å². The number of hydrogen-bond donors (Lipinski definition) is 1. The molecular formula is C12H14N4O. The van der Waals surface area contributed by atoms with Crippen molar-refractivity contribution in [2.45, 2.75) is 24.8 Å². The first-order valence-electron chi connectivity index (χ1n) is 5.79. The quantitative estimate of drug-likeness (QED) is 0.865. The van der Waals surface area contributed by atoms with E-state index in [4.69, 9.17) is 4.52 Å². The third-order valence-corrected chi connectivity index (χ3v) is 2.97. The van der Waals surface area contributed by atoms with Crippen molar-refractivity contribution in [2.75, 3.05) is 7.05 Å². The van der Waals surface area contributed by atoms with Crippen LogP contribution in [-0.4, -0.2) is 22.2 Å². The van der Waals surface area contributed by atoms with Crippen molar-refractivity contribution in [3.63, 3.8) is 0 Å². The summed E-state index contributed by atoms with van der Waals surface area (Å²) in [6.07, 6.45) is 5.87. The fourth-order valence-corrected chi connectivity index (χ4v) is 1.86. The molecule has 1 fully saturated rings. The molecule has 1 atom stereocenters. The molecule has 5 nitrogen and oxygen atoms in total. The smallest absolute Gasteiger partial charge is 0.229 e. The number of hydrogen-bond acceptors (Lipinski definition) is 5. The normalized spacial score (nSPS) is 17.0. The Morgan fingerprint density at radius 3 is 2.76 bits per heavy atom. The van der Waals surface area contributed by atoms with Gasteiger partial charge in [-0.2, -0.15) is 4.98 Å². The van der Waals surface area contributed by atoms with Crippen molar-refractivity contribution in [2.24, 2.45) is 0 Å². The Balaban J connectivity index is 1.88. The minimum Gasteiger partial charge on any atom is -0.339 e. The lowest BCUT2D eigenvalue weighted by Crippen LogP contribution is -2.19. The van der Waals surface area contributed by atoms with Gasteiger partial charge in [0, 0.05) is 18.3 Å². The van der Waals surface area contributed by atoms with Gasteiger partial charge in [-0.25, -0.2) is 0 Å². The van der Waals surface area contributed by atoms with Gasteiger partial charge in [-0.15, -0.1) is 0 Å². The molecule has 1 aliphatic rings. The Bertz CT molecular complexity index is 492. The topological polar surface area (TPSA) is 63.8 Å². The standard InChI is InChI=1S/C12H14N4O/c1-13-10(8-4-6-14-7-5-8)11-15-12(17-16-11)9-2-3-9/h4-7,9-10,13H,2-3H2,1H3. The van der Waals surface area contributed by atoms with Gasteiger partial charge in [-0.05, 0) is 37.6 Å². The summed E-state index contributed by atoms with van der Waals surface area (Å²) in [5.41, 5.74) is 1.09. The maximum atomic E-state index is 5.28. The van der Waals surface area contributed by atoms with E-state index in [2.05, 4.69) is 20.4 Å². The first kappa shape index (κ1) is 10.4. The molecule has 0 aliphatic heterocycles. The summed E-state index contributed by atoms with van der Waals surface area (Å²) in [5, 5.41) is 7.25. The molecule has 0 spiro atoms. The van der Waals surface area contributed by atoms with Gasteiger partial charge in [0.2, 0.25) is 5.89 Å². The van der Waals surface area contributed by atoms with Crippen LogP contribution in [0.15, 0.2) is 29.0 Å². The van der Waals surface area contributed by atoms with E-state index in [0.29, 0.717) is 11.7 Å². The van der Waals surface area contributed by atoms with E-state index in [1.807, 2.05) is 19.2 Å². The first-order valence-corrected chi connectivity index (χ1v) is 5.79. The molecule has 17 heavy (non-hydrogen) atoms. The van der Waals surface area contributed by atoms with E-state index in [-0.39, 0.29) is 6.04 Å². The Hall–Kier alpha value is -1.75. The van der Waals surface area contributed by atoms with Crippen LogP contribution in [-0.2, 0) is 0 Å². The van der Waals surface area contributed by atoms with E-state index >= 15 is 0 Å². The maximum absolute atomic E-state index is 5.28. The average molecular weight is 230 g/mol. The second kappa shape index (κ2) is 4.25. The van der Waals surface area contributed by atoms with Gasteiger partial charge in [0.1, 0.15) is 0 Å². The number of nitrogens with one attached hydrogen (secondary N) is 1. The monoisotopic (exact) mass is 230 g/mol. The van der Waals surface area contributed by atoms with Crippen LogP contribution in [0.25, 0.3) is 0 Å². The molecule has 5 heteroatoms. The molecule has 0 radical (unpaired) electrons. The number of rotatable bonds is 4. The largest absolute Gasteiger partial charge is 0.339 e. The molecule has 0 saturated heterocycles. The van der Waals surface area contributed by atoms with Crippen LogP contribution in [0.1, 0.15) is 42.1 Å². The van der Waals surface area contributed by atoms with Gasteiger partial charge >= 0.3 is 0 Å². The van der Waals surface area contributed by atoms with Gasteiger partial charge in [-0.1, -0.05) is 5.16 Å². The maximum Gasteiger partial charge on any atom is 0.229 e. The van der Waals surface area contributed by atoms with Crippen molar-refractivity contribution >= 4 is 0 Å². The summed E-state index contributed by atoms with van der Waals surface area (Å²) in [6, 6.07) is 3.87. The van der Waals surface area contributed by atoms with Crippen LogP contribution in [0.4, 0.5) is 0 Å². The summed E-state index contributed by atoms with van der Waals surface area (Å²) in [4.78, 5) is 8.47. The molecule has 1 N–H and O–H groups in total. The fraction of sp³-hybridized carbons (Fsp3) is 0.417. The van der Waals surface area contributed by atoms with Crippen molar-refractivity contribution in [1.29, 1.82) is 0 Å². The predicted molar refractivity (Wildman–Crippen MR) is 61.4 cm³/mol. The summed E-state index contributed by atoms with van der Waals surface area (Å²) in [7, 11) is 1.89. The Labute approximate surface area is 99.3 Å². The highest BCUT2D eigenvalue weighted by molar-refractivity contribution is 5.22. The van der Waals surface area contributed by atoms with Crippen molar-refractivity contribution in [3.05, 3.63) is 41.8 Å². The van der Waals surface area contributed by atoms with Gasteiger partial charge < -0.3 is 9.84 Å². The first-order chi connectivity index (χ1) is 8.38. The summed E-state index contributed by atoms with van der Waals surface area (Å²) in [6.45, 7) is 0. The SMILES string of the molecule is CNC(c1ccncc1)c1noc(C2CC2)n1. The molecule has 1 saturated carbocycles. The molecule has 2 aromatic rings. The Kier molecular flexibility index (Phi) is 2.60. The van der Waals surface area contributed by atoms with E-state index in [1.54, 1.807) is 12.4 Å². The molecule has 0 aromatic carbocycles. The number of nitrogens with zero attached hydrogens (tertiary/aromatic N) is 3. The van der Waals surface area contributed by atoms with Crippen LogP contribution in [0, 0.1) is 0 Å². The molecule has 2 heterocycles. The molecule has 0 bridgehead atoms. The highest BCUT2D eigenvalue weighted by Gasteiger charge is 2.30. The third kappa shape index (κ3) is 2.06. The molecule has 1 aliphatic carbocycles. The van der Waals surface area contributed by atoms with Gasteiger partial charge in [0.05, 0.1) is 6.04 Å². The lowest BCUT2D eigenvalue weighted by molar-refractivity contribution is 0.370. The summed E-state index contributed by atoms with van der Waals surface area (Å²) >= 11 is 0. The second-order valence-corrected chi connectivity index (χ2v) is 4.27. The minimum atomic E-state index is -0.0331. The molecule has 88 valence electrons. The molecule has 0 amide bonds. The molecular weight excluding hydrogens is 216 g/mol. The van der Waals surface area contributed by atoms with Crippen LogP contribution in [0.5, 0.6) is 0 Å². The van der Waals surface area contributed by atoms with E-state index in [1.165, 1.54) is 12.8 Å². The van der Waals surface area contributed by atoms with Crippen LogP contribution in [0.3, 0.4) is 0 Å². The zero-order chi connectivity index (χ0) is 11.7. The fourth-order valence-electron chi connectivity index (χ4n) is 1.86. The highest BCUT2D eigenvalue weighted by atomic mass is 16.5. The van der Waals surface area contributed by atoms with Gasteiger partial charge in [-0.3, -0.25) is 4.98 Å². The zero-order valence-corrected chi connectivity index (χ0v) is 9.63. The lowest BCUT2D eigenvalue weighted by Gasteiger charge is -2.11. The second-order valence-electron chi connectivity index (χ2n) is 4.27. The van der Waals surface area contributed by atoms with E-state index in [9.17, 15) is 0 Å². The minimum absolute atomic E-state index is 0.0331. The Morgan fingerprint density at radius 2 is 2.12 bits per heavy atom. The number of aromatic nitrogens is 3. The lowest BCUT2D eigenvalue weighted by atomic mass is 10.1. The molecule has 2 aromatic heterocycles. The van der Waals surface area contributed by atoms with Crippen molar-refractivity contribution < 1.29 is 4.52 Å². The Morgan fingerprint density at radius 1 is 1.35 bits per heavy atom. The number of pyridine rings is 1. The molecule has 3 rings (SSSR count). The van der Waals surface area contributed by atoms with E-state index in [0.717, 1.165) is 11.5 Å². The predicted octanol–water partition coefficient (Wildman–Crippen LogP) is 1.65. The molecule has 1 unspecified atom stereocenters. The van der Waals surface area contributed by atoms with Crippen LogP contribution in [0.2, 0.25) is 0 Å². The third-order valence-electron chi connectivity index (χ3n) is 2.97. The summed E-state index contributed by atoms with van der Waals surface area (Å²) in [5.74, 6) is 1.96. The van der Waals surface area contributed by atoms with E-state index < -0.39 is 0 Å². The summed E-state index contributed by atoms with van der Waals surface area (Å²) < 4.78 is 5.28. The zero-order valence-electron chi connectivity index (χ0n) is 9.63. The van der Waals surface area contributed by atoms with Gasteiger partial charge in [0.15, 0.2) is 5.82 Å². The van der Waals surface area contributed by atoms with Gasteiger partial charge in [0.25, 0.3) is 0 Å². The van der Waals surface area contributed by atoms with Crippen LogP contribution < -0.4 is 5.32 Å². The van der Waals surface area contributed by atoms with Crippen LogP contribution >= 0.6 is 0 Å². The van der Waals surface area contributed by atoms with Crippen molar-refractivity contribution in [1.82, 2.24) is 20.4 Å². The average Bonchev–Trinajstić information content (AvgIpc) is 3.12.